The van der Waals surface area contributed by atoms with E-state index in [1.807, 2.05) is 0 Å². The van der Waals surface area contributed by atoms with E-state index >= 15 is 0 Å². The molecule has 0 radical (unpaired) electrons. The van der Waals surface area contributed by atoms with Gasteiger partial charge in [-0.15, -0.1) is 0 Å². The van der Waals surface area contributed by atoms with Gasteiger partial charge in [0.15, 0.2) is 0 Å². The fraction of sp³-hybridized carbons (Fsp3) is 0.222. The average Bonchev–Trinajstić information content (AvgIpc) is 2.62. The zero-order chi connectivity index (χ0) is 19.6. The molecule has 142 valence electrons. The fourth-order valence-electron chi connectivity index (χ4n) is 2.74. The number of anilines is 2. The molecule has 2 N–H and O–H groups in total. The van der Waals surface area contributed by atoms with Crippen molar-refractivity contribution in [2.24, 2.45) is 0 Å². The number of rotatable bonds is 5. The molecule has 1 aliphatic heterocycles. The number of likely N-dealkylation sites (N-methyl/N-ethyl adjacent to an activating group) is 1. The first kappa shape index (κ1) is 19.3. The molecule has 3 rings (SSSR count). The van der Waals surface area contributed by atoms with E-state index in [0.29, 0.717) is 23.6 Å². The van der Waals surface area contributed by atoms with Crippen LogP contribution in [0.5, 0.6) is 0 Å². The molecule has 7 nitrogen and oxygen atoms in total. The molecule has 0 saturated carbocycles. The summed E-state index contributed by atoms with van der Waals surface area (Å²) in [5.41, 5.74) is 2.20. The smallest absolute Gasteiger partial charge is 0.243 e. The van der Waals surface area contributed by atoms with Gasteiger partial charge >= 0.3 is 0 Å². The van der Waals surface area contributed by atoms with Gasteiger partial charge in [-0.3, -0.25) is 9.59 Å². The van der Waals surface area contributed by atoms with Gasteiger partial charge in [0.05, 0.1) is 11.4 Å². The van der Waals surface area contributed by atoms with Crippen molar-refractivity contribution in [2.45, 2.75) is 17.7 Å². The molecule has 0 bridgehead atoms. The third-order valence-electron chi connectivity index (χ3n) is 4.17. The first-order chi connectivity index (χ1) is 12.8. The largest absolute Gasteiger partial charge is 0.326 e. The number of carbonyl (C=O) groups excluding carboxylic acids is 2. The monoisotopic (exact) mass is 407 g/mol. The minimum Gasteiger partial charge on any atom is -0.326 e. The van der Waals surface area contributed by atoms with E-state index in [9.17, 15) is 18.0 Å². The number of hydrogen-bond acceptors (Lipinski definition) is 4. The second-order valence-electron chi connectivity index (χ2n) is 6.18. The van der Waals surface area contributed by atoms with Gasteiger partial charge in [-0.05, 0) is 54.4 Å². The SMILES string of the molecule is CN(CC(=O)Nc1ccc2c(c1)CCC(=O)N2)S(=O)(=O)c1ccc(Cl)cc1. The van der Waals surface area contributed by atoms with Gasteiger partial charge in [0, 0.05) is 29.9 Å². The van der Waals surface area contributed by atoms with Crippen molar-refractivity contribution in [3.63, 3.8) is 0 Å². The quantitative estimate of drug-likeness (QED) is 0.795. The summed E-state index contributed by atoms with van der Waals surface area (Å²) in [6.07, 6.45) is 0.988. The van der Waals surface area contributed by atoms with Gasteiger partial charge in [0.25, 0.3) is 0 Å². The Bertz CT molecular complexity index is 990. The van der Waals surface area contributed by atoms with Crippen molar-refractivity contribution < 1.29 is 18.0 Å². The van der Waals surface area contributed by atoms with Gasteiger partial charge < -0.3 is 10.6 Å². The van der Waals surface area contributed by atoms with Crippen molar-refractivity contribution in [3.05, 3.63) is 53.1 Å². The van der Waals surface area contributed by atoms with Gasteiger partial charge in [0.2, 0.25) is 21.8 Å². The number of halogens is 1. The van der Waals surface area contributed by atoms with Crippen LogP contribution in [0.4, 0.5) is 11.4 Å². The lowest BCUT2D eigenvalue weighted by molar-refractivity contribution is -0.117. The van der Waals surface area contributed by atoms with Crippen LogP contribution in [0.1, 0.15) is 12.0 Å². The predicted molar refractivity (Wildman–Crippen MR) is 103 cm³/mol. The number of fused-ring (bicyclic) bond motifs is 1. The van der Waals surface area contributed by atoms with Crippen LogP contribution in [0.2, 0.25) is 5.02 Å². The number of amides is 2. The van der Waals surface area contributed by atoms with E-state index < -0.39 is 15.9 Å². The third kappa shape index (κ3) is 4.47. The van der Waals surface area contributed by atoms with Crippen molar-refractivity contribution in [2.75, 3.05) is 24.2 Å². The topological polar surface area (TPSA) is 95.6 Å². The molecule has 1 aliphatic rings. The van der Waals surface area contributed by atoms with Crippen LogP contribution in [0.3, 0.4) is 0 Å². The summed E-state index contributed by atoms with van der Waals surface area (Å²) in [7, 11) is -2.46. The van der Waals surface area contributed by atoms with Crippen LogP contribution in [0.25, 0.3) is 0 Å². The summed E-state index contributed by atoms with van der Waals surface area (Å²) in [6, 6.07) is 10.9. The molecular formula is C18H18ClN3O4S. The van der Waals surface area contributed by atoms with Crippen LogP contribution in [-0.2, 0) is 26.0 Å². The molecular weight excluding hydrogens is 390 g/mol. The van der Waals surface area contributed by atoms with Gasteiger partial charge in [-0.1, -0.05) is 11.6 Å². The molecule has 2 amide bonds. The highest BCUT2D eigenvalue weighted by atomic mass is 35.5. The fourth-order valence-corrected chi connectivity index (χ4v) is 3.99. The lowest BCUT2D eigenvalue weighted by Crippen LogP contribution is -2.35. The van der Waals surface area contributed by atoms with Crippen LogP contribution in [0.15, 0.2) is 47.4 Å². The number of benzene rings is 2. The molecule has 9 heteroatoms. The summed E-state index contributed by atoms with van der Waals surface area (Å²) in [4.78, 5) is 23.7. The number of nitrogens with zero attached hydrogens (tertiary/aromatic N) is 1. The van der Waals surface area contributed by atoms with Crippen molar-refractivity contribution in [3.8, 4) is 0 Å². The zero-order valence-corrected chi connectivity index (χ0v) is 16.1. The third-order valence-corrected chi connectivity index (χ3v) is 6.24. The lowest BCUT2D eigenvalue weighted by atomic mass is 10.0. The van der Waals surface area contributed by atoms with E-state index in [1.54, 1.807) is 18.2 Å². The summed E-state index contributed by atoms with van der Waals surface area (Å²) in [5.74, 6) is -0.497. The normalized spacial score (nSPS) is 13.8. The lowest BCUT2D eigenvalue weighted by Gasteiger charge is -2.19. The first-order valence-corrected chi connectivity index (χ1v) is 10.0. The van der Waals surface area contributed by atoms with Gasteiger partial charge in [0.1, 0.15) is 0 Å². The Morgan fingerprint density at radius 3 is 2.59 bits per heavy atom. The average molecular weight is 408 g/mol. The standard InChI is InChI=1S/C18H18ClN3O4S/c1-22(27(25,26)15-6-3-13(19)4-7-15)11-18(24)20-14-5-8-16-12(10-14)2-9-17(23)21-16/h3-8,10H,2,9,11H2,1H3,(H,20,24)(H,21,23). The van der Waals surface area contributed by atoms with Crippen molar-refractivity contribution in [1.82, 2.24) is 4.31 Å². The Kier molecular flexibility index (Phi) is 5.50. The Morgan fingerprint density at radius 1 is 1.19 bits per heavy atom. The Hall–Kier alpha value is -2.42. The Labute approximate surface area is 162 Å². The van der Waals surface area contributed by atoms with Crippen LogP contribution >= 0.6 is 11.6 Å². The molecule has 0 atom stereocenters. The van der Waals surface area contributed by atoms with Crippen LogP contribution in [-0.4, -0.2) is 38.1 Å². The molecule has 0 spiro atoms. The highest BCUT2D eigenvalue weighted by Crippen LogP contribution is 2.25. The molecule has 1 heterocycles. The maximum Gasteiger partial charge on any atom is 0.243 e. The summed E-state index contributed by atoms with van der Waals surface area (Å²) < 4.78 is 26.0. The van der Waals surface area contributed by atoms with E-state index in [1.165, 1.54) is 31.3 Å². The second-order valence-corrected chi connectivity index (χ2v) is 8.66. The zero-order valence-electron chi connectivity index (χ0n) is 14.5. The summed E-state index contributed by atoms with van der Waals surface area (Å²) in [5, 5.41) is 5.88. The number of aryl methyl sites for hydroxylation is 1. The molecule has 2 aromatic carbocycles. The van der Waals surface area contributed by atoms with Crippen molar-refractivity contribution in [1.29, 1.82) is 0 Å². The van der Waals surface area contributed by atoms with E-state index in [0.717, 1.165) is 15.6 Å². The van der Waals surface area contributed by atoms with E-state index in [-0.39, 0.29) is 17.3 Å². The minimum atomic E-state index is -3.80. The first-order valence-electron chi connectivity index (χ1n) is 8.20. The highest BCUT2D eigenvalue weighted by molar-refractivity contribution is 7.89. The predicted octanol–water partition coefficient (Wildman–Crippen LogP) is 2.48. The maximum atomic E-state index is 12.5. The Balaban J connectivity index is 1.67. The van der Waals surface area contributed by atoms with Crippen molar-refractivity contribution >= 4 is 44.8 Å². The maximum absolute atomic E-state index is 12.5. The summed E-state index contributed by atoms with van der Waals surface area (Å²) in [6.45, 7) is -0.335. The Morgan fingerprint density at radius 2 is 1.89 bits per heavy atom. The highest BCUT2D eigenvalue weighted by Gasteiger charge is 2.23. The molecule has 2 aromatic rings. The minimum absolute atomic E-state index is 0.0340. The van der Waals surface area contributed by atoms with E-state index in [4.69, 9.17) is 11.6 Å². The number of carbonyl (C=O) groups is 2. The summed E-state index contributed by atoms with van der Waals surface area (Å²) >= 11 is 5.78. The van der Waals surface area contributed by atoms with Gasteiger partial charge in [-0.25, -0.2) is 8.42 Å². The van der Waals surface area contributed by atoms with E-state index in [2.05, 4.69) is 10.6 Å². The number of sulfonamides is 1. The number of nitrogens with one attached hydrogen (secondary N) is 2. The molecule has 0 aromatic heterocycles. The molecule has 27 heavy (non-hydrogen) atoms. The van der Waals surface area contributed by atoms with Crippen LogP contribution < -0.4 is 10.6 Å². The molecule has 0 aliphatic carbocycles. The van der Waals surface area contributed by atoms with Crippen LogP contribution in [0, 0.1) is 0 Å². The number of hydrogen-bond donors (Lipinski definition) is 2. The van der Waals surface area contributed by atoms with Gasteiger partial charge in [-0.2, -0.15) is 4.31 Å². The molecule has 0 unspecified atom stereocenters. The molecule has 0 saturated heterocycles. The molecule has 0 fully saturated rings. The second kappa shape index (κ2) is 7.67.